The van der Waals surface area contributed by atoms with E-state index < -0.39 is 13.9 Å². The molecule has 0 aliphatic heterocycles. The molecular formula is C45H92NO7P. The first kappa shape index (κ1) is 53.5. The highest BCUT2D eigenvalue weighted by Gasteiger charge is 2.20. The predicted octanol–water partition coefficient (Wildman–Crippen LogP) is 13.0. The van der Waals surface area contributed by atoms with Crippen molar-refractivity contribution < 1.29 is 37.3 Å². The van der Waals surface area contributed by atoms with Crippen LogP contribution in [0.5, 0.6) is 0 Å². The summed E-state index contributed by atoms with van der Waals surface area (Å²) in [4.78, 5) is 25.0. The Morgan fingerprint density at radius 1 is 0.500 bits per heavy atom. The monoisotopic (exact) mass is 790 g/mol. The van der Waals surface area contributed by atoms with E-state index >= 15 is 0 Å². The van der Waals surface area contributed by atoms with Crippen LogP contribution >= 0.6 is 7.82 Å². The van der Waals surface area contributed by atoms with Crippen molar-refractivity contribution in [1.82, 2.24) is 0 Å². The minimum atomic E-state index is -4.52. The summed E-state index contributed by atoms with van der Waals surface area (Å²) in [5.41, 5.74) is 0. The van der Waals surface area contributed by atoms with E-state index in [4.69, 9.17) is 18.5 Å². The number of carbonyl (C=O) groups excluding carboxylic acids is 1. The Morgan fingerprint density at radius 2 is 0.852 bits per heavy atom. The molecule has 0 aliphatic rings. The molecule has 0 aliphatic carbocycles. The van der Waals surface area contributed by atoms with E-state index in [9.17, 15) is 14.3 Å². The van der Waals surface area contributed by atoms with E-state index in [-0.39, 0.29) is 25.8 Å². The number of phosphoric acid groups is 1. The second kappa shape index (κ2) is 39.3. The maximum Gasteiger partial charge on any atom is 0.306 e. The lowest BCUT2D eigenvalue weighted by Crippen LogP contribution is -2.37. The van der Waals surface area contributed by atoms with Crippen LogP contribution in [0.2, 0.25) is 0 Å². The molecule has 0 N–H and O–H groups in total. The van der Waals surface area contributed by atoms with Gasteiger partial charge < -0.3 is 27.9 Å². The Bertz CT molecular complexity index is 837. The number of hydrogen-bond acceptors (Lipinski definition) is 7. The van der Waals surface area contributed by atoms with Crippen LogP contribution in [-0.4, -0.2) is 70.7 Å². The van der Waals surface area contributed by atoms with Gasteiger partial charge in [0.05, 0.1) is 34.4 Å². The van der Waals surface area contributed by atoms with E-state index in [1.165, 1.54) is 173 Å². The molecule has 324 valence electrons. The van der Waals surface area contributed by atoms with Crippen LogP contribution in [0.15, 0.2) is 0 Å². The molecule has 2 unspecified atom stereocenters. The number of likely N-dealkylation sites (N-methyl/N-ethyl adjacent to an activating group) is 1. The standard InChI is InChI=1S/C45H92NO7P/c1-6-8-10-12-14-16-18-20-21-22-23-24-25-27-29-31-33-35-37-40-50-42-44(43-52-54(48,49)51-41-39-46(3,4)5)53-45(47)38-36-34-32-30-28-26-19-17-15-13-11-9-7-2/h44H,6-43H2,1-5H3. The summed E-state index contributed by atoms with van der Waals surface area (Å²) >= 11 is 0. The van der Waals surface area contributed by atoms with Crippen molar-refractivity contribution in [3.8, 4) is 0 Å². The van der Waals surface area contributed by atoms with Gasteiger partial charge in [0, 0.05) is 13.0 Å². The lowest BCUT2D eigenvalue weighted by atomic mass is 10.0. The summed E-state index contributed by atoms with van der Waals surface area (Å²) in [6, 6.07) is 0. The molecule has 0 spiro atoms. The van der Waals surface area contributed by atoms with Crippen LogP contribution in [0, 0.1) is 0 Å². The van der Waals surface area contributed by atoms with Crippen molar-refractivity contribution >= 4 is 13.8 Å². The number of nitrogens with zero attached hydrogens (tertiary/aromatic N) is 1. The highest BCUT2D eigenvalue weighted by atomic mass is 31.2. The van der Waals surface area contributed by atoms with Gasteiger partial charge in [-0.05, 0) is 12.8 Å². The molecule has 0 rings (SSSR count). The number of carbonyl (C=O) groups is 1. The number of ether oxygens (including phenoxy) is 2. The summed E-state index contributed by atoms with van der Waals surface area (Å²) in [5.74, 6) is -0.328. The molecule has 0 fully saturated rings. The highest BCUT2D eigenvalue weighted by Crippen LogP contribution is 2.38. The van der Waals surface area contributed by atoms with E-state index in [0.717, 1.165) is 32.1 Å². The van der Waals surface area contributed by atoms with Crippen molar-refractivity contribution in [3.63, 3.8) is 0 Å². The van der Waals surface area contributed by atoms with Crippen LogP contribution in [0.4, 0.5) is 0 Å². The zero-order valence-corrected chi connectivity index (χ0v) is 37.6. The van der Waals surface area contributed by atoms with E-state index in [1.807, 2.05) is 21.1 Å². The third-order valence-corrected chi connectivity index (χ3v) is 11.4. The lowest BCUT2D eigenvalue weighted by molar-refractivity contribution is -0.870. The van der Waals surface area contributed by atoms with Crippen LogP contribution in [0.1, 0.15) is 226 Å². The molecule has 0 aromatic heterocycles. The number of quaternary nitrogens is 1. The molecule has 0 heterocycles. The molecule has 54 heavy (non-hydrogen) atoms. The zero-order chi connectivity index (χ0) is 39.9. The van der Waals surface area contributed by atoms with Crippen LogP contribution < -0.4 is 4.89 Å². The van der Waals surface area contributed by atoms with Crippen LogP contribution in [0.3, 0.4) is 0 Å². The van der Waals surface area contributed by atoms with Gasteiger partial charge >= 0.3 is 5.97 Å². The Morgan fingerprint density at radius 3 is 1.22 bits per heavy atom. The van der Waals surface area contributed by atoms with Crippen molar-refractivity contribution in [2.45, 2.75) is 232 Å². The lowest BCUT2D eigenvalue weighted by Gasteiger charge is -2.28. The van der Waals surface area contributed by atoms with Crippen molar-refractivity contribution in [2.24, 2.45) is 0 Å². The summed E-state index contributed by atoms with van der Waals surface area (Å²) in [7, 11) is 1.37. The molecule has 0 saturated heterocycles. The molecule has 0 aromatic rings. The maximum atomic E-state index is 12.7. The first-order chi connectivity index (χ1) is 26.1. The molecule has 8 nitrogen and oxygen atoms in total. The molecule has 2 atom stereocenters. The van der Waals surface area contributed by atoms with Crippen molar-refractivity contribution in [3.05, 3.63) is 0 Å². The first-order valence-electron chi connectivity index (χ1n) is 23.3. The Kier molecular flexibility index (Phi) is 39.0. The average Bonchev–Trinajstić information content (AvgIpc) is 3.12. The van der Waals surface area contributed by atoms with Gasteiger partial charge in [-0.25, -0.2) is 0 Å². The summed E-state index contributed by atoms with van der Waals surface area (Å²) in [5, 5.41) is 0. The highest BCUT2D eigenvalue weighted by molar-refractivity contribution is 7.45. The molecule has 0 radical (unpaired) electrons. The number of unbranched alkanes of at least 4 members (excludes halogenated alkanes) is 30. The second-order valence-electron chi connectivity index (χ2n) is 17.1. The first-order valence-corrected chi connectivity index (χ1v) is 24.7. The molecule has 0 saturated carbocycles. The molecule has 9 heteroatoms. The second-order valence-corrected chi connectivity index (χ2v) is 18.5. The number of hydrogen-bond donors (Lipinski definition) is 0. The maximum absolute atomic E-state index is 12.7. The van der Waals surface area contributed by atoms with Gasteiger partial charge in [-0.1, -0.05) is 206 Å². The van der Waals surface area contributed by atoms with E-state index in [0.29, 0.717) is 24.1 Å². The summed E-state index contributed by atoms with van der Waals surface area (Å²) in [6.45, 7) is 5.47. The predicted molar refractivity (Wildman–Crippen MR) is 227 cm³/mol. The van der Waals surface area contributed by atoms with Gasteiger partial charge in [0.15, 0.2) is 0 Å². The van der Waals surface area contributed by atoms with Crippen molar-refractivity contribution in [1.29, 1.82) is 0 Å². The summed E-state index contributed by atoms with van der Waals surface area (Å²) < 4.78 is 34.6. The van der Waals surface area contributed by atoms with Gasteiger partial charge in [-0.15, -0.1) is 0 Å². The van der Waals surface area contributed by atoms with Gasteiger partial charge in [0.2, 0.25) is 0 Å². The zero-order valence-electron chi connectivity index (χ0n) is 36.7. The van der Waals surface area contributed by atoms with Crippen LogP contribution in [-0.2, 0) is 27.9 Å². The summed E-state index contributed by atoms with van der Waals surface area (Å²) in [6.07, 6.45) is 41.1. The third kappa shape index (κ3) is 42.6. The molecule has 0 aromatic carbocycles. The van der Waals surface area contributed by atoms with E-state index in [2.05, 4.69) is 13.8 Å². The fourth-order valence-corrected chi connectivity index (χ4v) is 7.51. The third-order valence-electron chi connectivity index (χ3n) is 10.4. The Hall–Kier alpha value is -0.500. The molecule has 0 bridgehead atoms. The fraction of sp³-hybridized carbons (Fsp3) is 0.978. The average molecular weight is 790 g/mol. The van der Waals surface area contributed by atoms with Gasteiger partial charge in [-0.2, -0.15) is 0 Å². The number of phosphoric ester groups is 1. The minimum absolute atomic E-state index is 0.0314. The topological polar surface area (TPSA) is 94.1 Å². The SMILES string of the molecule is CCCCCCCCCCCCCCCCCCCCCOCC(COP(=O)([O-])OCC[N+](C)(C)C)OC(=O)CCCCCCCCCCCCCCC. The minimum Gasteiger partial charge on any atom is -0.756 e. The normalized spacial score (nSPS) is 13.7. The molecular weight excluding hydrogens is 697 g/mol. The number of rotatable bonds is 44. The fourth-order valence-electron chi connectivity index (χ4n) is 6.78. The van der Waals surface area contributed by atoms with Gasteiger partial charge in [0.1, 0.15) is 19.3 Å². The van der Waals surface area contributed by atoms with Gasteiger partial charge in [0.25, 0.3) is 7.82 Å². The Labute approximate surface area is 336 Å². The van der Waals surface area contributed by atoms with Crippen molar-refractivity contribution in [2.75, 3.05) is 54.1 Å². The largest absolute Gasteiger partial charge is 0.756 e. The smallest absolute Gasteiger partial charge is 0.306 e. The van der Waals surface area contributed by atoms with Gasteiger partial charge in [-0.3, -0.25) is 9.36 Å². The Balaban J connectivity index is 4.12. The molecule has 0 amide bonds. The van der Waals surface area contributed by atoms with E-state index in [1.54, 1.807) is 0 Å². The van der Waals surface area contributed by atoms with Crippen LogP contribution in [0.25, 0.3) is 0 Å². The quantitative estimate of drug-likeness (QED) is 0.0262. The number of esters is 1.